The molecule has 1 aromatic carbocycles. The van der Waals surface area contributed by atoms with Gasteiger partial charge in [-0.2, -0.15) is 0 Å². The Kier molecular flexibility index (Phi) is 4.26. The highest BCUT2D eigenvalue weighted by Gasteiger charge is 2.43. The molecule has 2 fully saturated rings. The highest BCUT2D eigenvalue weighted by molar-refractivity contribution is 6.30. The molecule has 0 amide bonds. The molecule has 0 spiro atoms. The second-order valence-electron chi connectivity index (χ2n) is 6.91. The van der Waals surface area contributed by atoms with Crippen LogP contribution in [0.4, 0.5) is 4.39 Å². The number of nitrogens with zero attached hydrogens (tertiary/aromatic N) is 1. The monoisotopic (exact) mass is 310 g/mol. The maximum atomic E-state index is 13.6. The fourth-order valence-corrected chi connectivity index (χ4v) is 3.58. The van der Waals surface area contributed by atoms with Crippen molar-refractivity contribution in [2.45, 2.75) is 51.2 Å². The molecule has 1 aliphatic carbocycles. The van der Waals surface area contributed by atoms with Crippen LogP contribution in [0.1, 0.15) is 38.7 Å². The molecule has 4 heteroatoms. The lowest BCUT2D eigenvalue weighted by atomic mass is 9.95. The van der Waals surface area contributed by atoms with Gasteiger partial charge >= 0.3 is 0 Å². The zero-order valence-corrected chi connectivity index (χ0v) is 13.6. The molecule has 1 aliphatic heterocycles. The molecule has 116 valence electrons. The second kappa shape index (κ2) is 5.86. The molecular weight excluding hydrogens is 287 g/mol. The van der Waals surface area contributed by atoms with E-state index in [0.29, 0.717) is 6.04 Å². The number of nitrogens with one attached hydrogen (secondary N) is 1. The Morgan fingerprint density at radius 1 is 1.38 bits per heavy atom. The van der Waals surface area contributed by atoms with Crippen LogP contribution in [-0.4, -0.2) is 29.6 Å². The summed E-state index contributed by atoms with van der Waals surface area (Å²) in [5.74, 6) is 0.479. The summed E-state index contributed by atoms with van der Waals surface area (Å²) in [7, 11) is 0. The molecule has 3 rings (SSSR count). The van der Waals surface area contributed by atoms with Crippen LogP contribution in [0.3, 0.4) is 0 Å². The van der Waals surface area contributed by atoms with Gasteiger partial charge in [-0.3, -0.25) is 4.90 Å². The first-order valence-electron chi connectivity index (χ1n) is 7.91. The highest BCUT2D eigenvalue weighted by Crippen LogP contribution is 2.41. The predicted octanol–water partition coefficient (Wildman–Crippen LogP) is 3.83. The van der Waals surface area contributed by atoms with E-state index in [-0.39, 0.29) is 16.4 Å². The lowest BCUT2D eigenvalue weighted by Crippen LogP contribution is -2.51. The Morgan fingerprint density at radius 3 is 2.81 bits per heavy atom. The van der Waals surface area contributed by atoms with E-state index < -0.39 is 0 Å². The van der Waals surface area contributed by atoms with Crippen LogP contribution in [0, 0.1) is 11.7 Å². The van der Waals surface area contributed by atoms with Crippen molar-refractivity contribution in [1.82, 2.24) is 10.2 Å². The molecule has 0 aromatic heterocycles. The summed E-state index contributed by atoms with van der Waals surface area (Å²) in [6.07, 6.45) is 3.81. The van der Waals surface area contributed by atoms with Gasteiger partial charge in [0, 0.05) is 24.7 Å². The minimum Gasteiger partial charge on any atom is -0.310 e. The van der Waals surface area contributed by atoms with Gasteiger partial charge in [0.2, 0.25) is 0 Å². The summed E-state index contributed by atoms with van der Waals surface area (Å²) < 4.78 is 13.6. The second-order valence-corrected chi connectivity index (χ2v) is 7.32. The third-order valence-electron chi connectivity index (χ3n) is 5.09. The quantitative estimate of drug-likeness (QED) is 0.912. The van der Waals surface area contributed by atoms with Crippen molar-refractivity contribution in [2.75, 3.05) is 13.1 Å². The van der Waals surface area contributed by atoms with Gasteiger partial charge in [0.05, 0.1) is 5.02 Å². The van der Waals surface area contributed by atoms with Crippen LogP contribution in [0.25, 0.3) is 0 Å². The first-order valence-corrected chi connectivity index (χ1v) is 8.29. The summed E-state index contributed by atoms with van der Waals surface area (Å²) in [6, 6.07) is 5.68. The molecule has 0 bridgehead atoms. The SMILES string of the molecule is CC1CCNC(C)(C2CC2)CN1Cc1ccc(Cl)c(F)c1. The molecule has 21 heavy (non-hydrogen) atoms. The topological polar surface area (TPSA) is 15.3 Å². The lowest BCUT2D eigenvalue weighted by molar-refractivity contribution is 0.154. The van der Waals surface area contributed by atoms with Crippen LogP contribution in [0.2, 0.25) is 5.02 Å². The number of rotatable bonds is 3. The minimum absolute atomic E-state index is 0.201. The van der Waals surface area contributed by atoms with E-state index in [4.69, 9.17) is 11.6 Å². The number of benzene rings is 1. The van der Waals surface area contributed by atoms with Crippen molar-refractivity contribution in [1.29, 1.82) is 0 Å². The molecule has 1 N–H and O–H groups in total. The van der Waals surface area contributed by atoms with Gasteiger partial charge in [-0.25, -0.2) is 4.39 Å². The van der Waals surface area contributed by atoms with Gasteiger partial charge in [0.1, 0.15) is 5.82 Å². The van der Waals surface area contributed by atoms with E-state index in [1.807, 2.05) is 6.07 Å². The molecule has 1 heterocycles. The molecule has 2 aliphatic rings. The van der Waals surface area contributed by atoms with Crippen LogP contribution >= 0.6 is 11.6 Å². The zero-order chi connectivity index (χ0) is 15.0. The Labute approximate surface area is 131 Å². The molecule has 1 saturated heterocycles. The van der Waals surface area contributed by atoms with Crippen molar-refractivity contribution >= 4 is 11.6 Å². The third kappa shape index (κ3) is 3.41. The fourth-order valence-electron chi connectivity index (χ4n) is 3.46. The summed E-state index contributed by atoms with van der Waals surface area (Å²) in [6.45, 7) is 7.51. The minimum atomic E-state index is -0.320. The van der Waals surface area contributed by atoms with E-state index in [0.717, 1.165) is 37.5 Å². The molecule has 1 aromatic rings. The lowest BCUT2D eigenvalue weighted by Gasteiger charge is -2.36. The number of halogens is 2. The van der Waals surface area contributed by atoms with Crippen molar-refractivity contribution < 1.29 is 4.39 Å². The normalized spacial score (nSPS) is 31.1. The molecule has 2 unspecified atom stereocenters. The van der Waals surface area contributed by atoms with Crippen LogP contribution < -0.4 is 5.32 Å². The molecule has 2 nitrogen and oxygen atoms in total. The Hall–Kier alpha value is -0.640. The summed E-state index contributed by atoms with van der Waals surface area (Å²) >= 11 is 5.77. The third-order valence-corrected chi connectivity index (χ3v) is 5.40. The number of hydrogen-bond donors (Lipinski definition) is 1. The van der Waals surface area contributed by atoms with Crippen LogP contribution in [0.5, 0.6) is 0 Å². The molecule has 1 saturated carbocycles. The van der Waals surface area contributed by atoms with Crippen molar-refractivity contribution in [3.05, 3.63) is 34.6 Å². The first kappa shape index (κ1) is 15.3. The van der Waals surface area contributed by atoms with E-state index in [1.165, 1.54) is 12.8 Å². The molecule has 2 atom stereocenters. The standard InChI is InChI=1S/C17H24ClFN2/c1-12-7-8-20-17(2,14-4-5-14)11-21(12)10-13-3-6-15(18)16(19)9-13/h3,6,9,12,14,20H,4-5,7-8,10-11H2,1-2H3. The Balaban J connectivity index is 1.76. The first-order chi connectivity index (χ1) is 9.98. The van der Waals surface area contributed by atoms with E-state index in [2.05, 4.69) is 24.1 Å². The Morgan fingerprint density at radius 2 is 2.14 bits per heavy atom. The van der Waals surface area contributed by atoms with Gasteiger partial charge in [0.25, 0.3) is 0 Å². The molecule has 0 radical (unpaired) electrons. The van der Waals surface area contributed by atoms with Crippen LogP contribution in [-0.2, 0) is 6.54 Å². The van der Waals surface area contributed by atoms with E-state index >= 15 is 0 Å². The summed E-state index contributed by atoms with van der Waals surface area (Å²) in [4.78, 5) is 2.49. The van der Waals surface area contributed by atoms with Gasteiger partial charge in [-0.15, -0.1) is 0 Å². The van der Waals surface area contributed by atoms with Gasteiger partial charge in [0.15, 0.2) is 0 Å². The van der Waals surface area contributed by atoms with Gasteiger partial charge in [-0.1, -0.05) is 17.7 Å². The van der Waals surface area contributed by atoms with Crippen LogP contribution in [0.15, 0.2) is 18.2 Å². The zero-order valence-electron chi connectivity index (χ0n) is 12.8. The maximum Gasteiger partial charge on any atom is 0.142 e. The van der Waals surface area contributed by atoms with E-state index in [1.54, 1.807) is 12.1 Å². The molecular formula is C17H24ClFN2. The predicted molar refractivity (Wildman–Crippen MR) is 85.0 cm³/mol. The average molecular weight is 311 g/mol. The van der Waals surface area contributed by atoms with Crippen molar-refractivity contribution in [3.8, 4) is 0 Å². The summed E-state index contributed by atoms with van der Waals surface area (Å²) in [5.41, 5.74) is 1.21. The maximum absolute atomic E-state index is 13.6. The van der Waals surface area contributed by atoms with Gasteiger partial charge in [-0.05, 0) is 63.3 Å². The van der Waals surface area contributed by atoms with Gasteiger partial charge < -0.3 is 5.32 Å². The Bertz CT molecular complexity index is 518. The number of hydrogen-bond acceptors (Lipinski definition) is 2. The highest BCUT2D eigenvalue weighted by atomic mass is 35.5. The fraction of sp³-hybridized carbons (Fsp3) is 0.647. The smallest absolute Gasteiger partial charge is 0.142 e. The average Bonchev–Trinajstić information content (AvgIpc) is 3.26. The largest absolute Gasteiger partial charge is 0.310 e. The van der Waals surface area contributed by atoms with E-state index in [9.17, 15) is 4.39 Å². The van der Waals surface area contributed by atoms with Crippen molar-refractivity contribution in [2.24, 2.45) is 5.92 Å². The summed E-state index contributed by atoms with van der Waals surface area (Å²) in [5, 5.41) is 3.95. The van der Waals surface area contributed by atoms with Crippen molar-refractivity contribution in [3.63, 3.8) is 0 Å².